The minimum atomic E-state index is -3.79. The summed E-state index contributed by atoms with van der Waals surface area (Å²) < 4.78 is 39.5. The molecule has 0 spiro atoms. The zero-order valence-electron chi connectivity index (χ0n) is 19.2. The van der Waals surface area contributed by atoms with Crippen LogP contribution < -0.4 is 19.1 Å². The Labute approximate surface area is 200 Å². The van der Waals surface area contributed by atoms with Crippen LogP contribution in [-0.2, 0) is 10.0 Å². The van der Waals surface area contributed by atoms with Crippen molar-refractivity contribution in [2.45, 2.75) is 37.7 Å². The number of rotatable bonds is 8. The Morgan fingerprint density at radius 3 is 2.47 bits per heavy atom. The number of carbonyl (C=O) groups excluding carboxylic acids is 1. The number of nitrogens with zero attached hydrogens (tertiary/aromatic N) is 1. The smallest absolute Gasteiger partial charge is 0.264 e. The van der Waals surface area contributed by atoms with Crippen LogP contribution >= 0.6 is 0 Å². The third-order valence-electron chi connectivity index (χ3n) is 5.47. The average Bonchev–Trinajstić information content (AvgIpc) is 2.84. The number of para-hydroxylation sites is 2. The van der Waals surface area contributed by atoms with Gasteiger partial charge in [-0.1, -0.05) is 25.5 Å². The minimum absolute atomic E-state index is 0.142. The SMILES string of the molecule is CCCCOc1ccc(C(=O)Nc2ccc(S(=O)(=O)N3C[C@@H](C)Oc4ccccc43)cc2)cc1. The molecule has 3 aromatic rings. The molecule has 1 aliphatic heterocycles. The number of ether oxygens (including phenoxy) is 2. The molecule has 1 aliphatic rings. The molecule has 3 aromatic carbocycles. The van der Waals surface area contributed by atoms with Gasteiger partial charge in [-0.3, -0.25) is 9.10 Å². The predicted molar refractivity (Wildman–Crippen MR) is 132 cm³/mol. The fourth-order valence-electron chi connectivity index (χ4n) is 3.65. The summed E-state index contributed by atoms with van der Waals surface area (Å²) in [6.45, 7) is 4.80. The van der Waals surface area contributed by atoms with Gasteiger partial charge in [-0.25, -0.2) is 8.42 Å². The molecule has 1 amide bonds. The van der Waals surface area contributed by atoms with Crippen LogP contribution in [0.1, 0.15) is 37.0 Å². The molecule has 0 unspecified atom stereocenters. The molecule has 7 nitrogen and oxygen atoms in total. The lowest BCUT2D eigenvalue weighted by Crippen LogP contribution is -2.42. The van der Waals surface area contributed by atoms with Crippen LogP contribution in [0.2, 0.25) is 0 Å². The molecule has 1 N–H and O–H groups in total. The molecular formula is C26H28N2O5S. The van der Waals surface area contributed by atoms with Crippen LogP contribution in [0.4, 0.5) is 11.4 Å². The second-order valence-corrected chi connectivity index (χ2v) is 10.00. The van der Waals surface area contributed by atoms with E-state index in [0.29, 0.717) is 29.3 Å². The normalized spacial score (nSPS) is 15.2. The van der Waals surface area contributed by atoms with E-state index in [0.717, 1.165) is 18.6 Å². The monoisotopic (exact) mass is 480 g/mol. The highest BCUT2D eigenvalue weighted by Gasteiger charge is 2.32. The molecule has 0 fully saturated rings. The van der Waals surface area contributed by atoms with Gasteiger partial charge in [0.05, 0.1) is 23.7 Å². The van der Waals surface area contributed by atoms with E-state index >= 15 is 0 Å². The molecule has 1 atom stereocenters. The van der Waals surface area contributed by atoms with Crippen molar-refractivity contribution >= 4 is 27.3 Å². The lowest BCUT2D eigenvalue weighted by atomic mass is 10.2. The van der Waals surface area contributed by atoms with Crippen molar-refractivity contribution < 1.29 is 22.7 Å². The summed E-state index contributed by atoms with van der Waals surface area (Å²) >= 11 is 0. The van der Waals surface area contributed by atoms with Gasteiger partial charge in [-0.15, -0.1) is 0 Å². The standard InChI is InChI=1S/C26H28N2O5S/c1-3-4-17-32-22-13-9-20(10-14-22)26(29)27-21-11-15-23(16-12-21)34(30,31)28-18-19(2)33-25-8-6-5-7-24(25)28/h5-16,19H,3-4,17-18H2,1-2H3,(H,27,29)/t19-/m1/s1. The van der Waals surface area contributed by atoms with Crippen LogP contribution in [0, 0.1) is 0 Å². The summed E-state index contributed by atoms with van der Waals surface area (Å²) in [7, 11) is -3.79. The zero-order chi connectivity index (χ0) is 24.1. The quantitative estimate of drug-likeness (QED) is 0.454. The highest BCUT2D eigenvalue weighted by molar-refractivity contribution is 7.92. The first kappa shape index (κ1) is 23.6. The maximum atomic E-state index is 13.3. The van der Waals surface area contributed by atoms with E-state index in [1.54, 1.807) is 54.6 Å². The van der Waals surface area contributed by atoms with Crippen molar-refractivity contribution in [1.29, 1.82) is 0 Å². The largest absolute Gasteiger partial charge is 0.494 e. The number of benzene rings is 3. The highest BCUT2D eigenvalue weighted by Crippen LogP contribution is 2.36. The van der Waals surface area contributed by atoms with E-state index in [1.807, 2.05) is 13.0 Å². The van der Waals surface area contributed by atoms with Crippen molar-refractivity contribution in [1.82, 2.24) is 0 Å². The number of carbonyl (C=O) groups is 1. The summed E-state index contributed by atoms with van der Waals surface area (Å²) in [5, 5.41) is 2.80. The van der Waals surface area contributed by atoms with Gasteiger partial charge in [-0.2, -0.15) is 0 Å². The molecule has 178 valence electrons. The summed E-state index contributed by atoms with van der Waals surface area (Å²) in [5.41, 5.74) is 1.50. The second-order valence-electron chi connectivity index (χ2n) is 8.14. The number of anilines is 2. The van der Waals surface area contributed by atoms with Gasteiger partial charge in [0.2, 0.25) is 0 Å². The van der Waals surface area contributed by atoms with Gasteiger partial charge in [0.1, 0.15) is 17.6 Å². The third kappa shape index (κ3) is 5.17. The van der Waals surface area contributed by atoms with E-state index in [-0.39, 0.29) is 23.5 Å². The van der Waals surface area contributed by atoms with Crippen molar-refractivity contribution in [3.8, 4) is 11.5 Å². The lowest BCUT2D eigenvalue weighted by molar-refractivity contribution is 0.102. The molecule has 1 heterocycles. The Balaban J connectivity index is 1.45. The molecule has 8 heteroatoms. The first-order valence-electron chi connectivity index (χ1n) is 11.3. The van der Waals surface area contributed by atoms with Gasteiger partial charge in [0, 0.05) is 11.3 Å². The summed E-state index contributed by atoms with van der Waals surface area (Å²) in [6, 6.07) is 20.2. The number of nitrogens with one attached hydrogen (secondary N) is 1. The maximum absolute atomic E-state index is 13.3. The summed E-state index contributed by atoms with van der Waals surface area (Å²) in [5.74, 6) is 0.973. The van der Waals surface area contributed by atoms with Crippen LogP contribution in [0.15, 0.2) is 77.7 Å². The zero-order valence-corrected chi connectivity index (χ0v) is 20.0. The first-order chi connectivity index (χ1) is 16.4. The minimum Gasteiger partial charge on any atom is -0.494 e. The van der Waals surface area contributed by atoms with Crippen molar-refractivity contribution in [3.05, 3.63) is 78.4 Å². The van der Waals surface area contributed by atoms with Crippen LogP contribution in [0.25, 0.3) is 0 Å². The number of fused-ring (bicyclic) bond motifs is 1. The molecule has 0 bridgehead atoms. The van der Waals surface area contributed by atoms with Crippen molar-refractivity contribution in [2.75, 3.05) is 22.8 Å². The Morgan fingerprint density at radius 1 is 1.06 bits per heavy atom. The van der Waals surface area contributed by atoms with E-state index in [2.05, 4.69) is 12.2 Å². The molecule has 0 saturated carbocycles. The number of hydrogen-bond donors (Lipinski definition) is 1. The summed E-state index contributed by atoms with van der Waals surface area (Å²) in [6.07, 6.45) is 1.76. The van der Waals surface area contributed by atoms with Crippen LogP contribution in [0.5, 0.6) is 11.5 Å². The van der Waals surface area contributed by atoms with E-state index in [1.165, 1.54) is 16.4 Å². The van der Waals surface area contributed by atoms with Gasteiger partial charge in [0.15, 0.2) is 0 Å². The van der Waals surface area contributed by atoms with Crippen LogP contribution in [0.3, 0.4) is 0 Å². The maximum Gasteiger partial charge on any atom is 0.264 e. The van der Waals surface area contributed by atoms with Crippen molar-refractivity contribution in [3.63, 3.8) is 0 Å². The number of hydrogen-bond acceptors (Lipinski definition) is 5. The van der Waals surface area contributed by atoms with E-state index < -0.39 is 10.0 Å². The molecule has 0 aliphatic carbocycles. The Bertz CT molecular complexity index is 1240. The summed E-state index contributed by atoms with van der Waals surface area (Å²) in [4.78, 5) is 12.7. The number of sulfonamides is 1. The Morgan fingerprint density at radius 2 is 1.76 bits per heavy atom. The fraction of sp³-hybridized carbons (Fsp3) is 0.269. The van der Waals surface area contributed by atoms with E-state index in [4.69, 9.17) is 9.47 Å². The highest BCUT2D eigenvalue weighted by atomic mass is 32.2. The van der Waals surface area contributed by atoms with Crippen LogP contribution in [-0.4, -0.2) is 33.6 Å². The molecule has 0 radical (unpaired) electrons. The van der Waals surface area contributed by atoms with E-state index in [9.17, 15) is 13.2 Å². The molecule has 0 saturated heterocycles. The molecule has 4 rings (SSSR count). The molecular weight excluding hydrogens is 452 g/mol. The molecule has 0 aromatic heterocycles. The Kier molecular flexibility index (Phi) is 7.07. The average molecular weight is 481 g/mol. The lowest BCUT2D eigenvalue weighted by Gasteiger charge is -2.34. The third-order valence-corrected chi connectivity index (χ3v) is 7.26. The molecule has 34 heavy (non-hydrogen) atoms. The topological polar surface area (TPSA) is 84.9 Å². The Hall–Kier alpha value is -3.52. The van der Waals surface area contributed by atoms with Gasteiger partial charge >= 0.3 is 0 Å². The first-order valence-corrected chi connectivity index (χ1v) is 12.7. The predicted octanol–water partition coefficient (Wildman–Crippen LogP) is 5.09. The second kappa shape index (κ2) is 10.2. The van der Waals surface area contributed by atoms with Gasteiger partial charge in [0.25, 0.3) is 15.9 Å². The van der Waals surface area contributed by atoms with Gasteiger partial charge < -0.3 is 14.8 Å². The fourth-order valence-corrected chi connectivity index (χ4v) is 5.20. The number of unbranched alkanes of at least 4 members (excludes halogenated alkanes) is 1. The van der Waals surface area contributed by atoms with Gasteiger partial charge in [-0.05, 0) is 74.0 Å². The van der Waals surface area contributed by atoms with Crippen molar-refractivity contribution in [2.24, 2.45) is 0 Å². The number of amides is 1.